The van der Waals surface area contributed by atoms with E-state index in [4.69, 9.17) is 4.74 Å². The summed E-state index contributed by atoms with van der Waals surface area (Å²) in [6, 6.07) is 9.80. The van der Waals surface area contributed by atoms with Gasteiger partial charge in [-0.15, -0.1) is 0 Å². The number of aliphatic hydroxyl groups excluding tert-OH is 1. The number of pyridine rings is 1. The molecule has 1 aromatic heterocycles. The standard InChI is InChI=1S/C22H21F2NO4S/c1-14-9-16(12-25(7-8-26)22(14)27)18-10-15(13-30(2)28)3-5-20(18)29-21-6-4-17(23)11-19(21)24/h3-6,9-12,26H,7-8,13H2,1-2H3. The van der Waals surface area contributed by atoms with E-state index in [9.17, 15) is 23.2 Å². The Labute approximate surface area is 175 Å². The summed E-state index contributed by atoms with van der Waals surface area (Å²) in [5, 5.41) is 9.25. The van der Waals surface area contributed by atoms with Crippen LogP contribution >= 0.6 is 0 Å². The summed E-state index contributed by atoms with van der Waals surface area (Å²) < 4.78 is 46.1. The zero-order valence-corrected chi connectivity index (χ0v) is 17.3. The fraction of sp³-hybridized carbons (Fsp3) is 0.227. The van der Waals surface area contributed by atoms with Crippen molar-refractivity contribution in [2.45, 2.75) is 19.2 Å². The van der Waals surface area contributed by atoms with E-state index in [1.54, 1.807) is 43.6 Å². The fourth-order valence-electron chi connectivity index (χ4n) is 3.10. The highest BCUT2D eigenvalue weighted by atomic mass is 32.2. The van der Waals surface area contributed by atoms with Gasteiger partial charge in [0.2, 0.25) is 0 Å². The molecule has 0 spiro atoms. The number of aromatic nitrogens is 1. The predicted molar refractivity (Wildman–Crippen MR) is 112 cm³/mol. The van der Waals surface area contributed by atoms with Crippen molar-refractivity contribution in [1.29, 1.82) is 0 Å². The average Bonchev–Trinajstić information content (AvgIpc) is 2.68. The second-order valence-electron chi connectivity index (χ2n) is 6.86. The molecule has 1 atom stereocenters. The van der Waals surface area contributed by atoms with Gasteiger partial charge >= 0.3 is 0 Å². The minimum atomic E-state index is -1.08. The molecule has 1 heterocycles. The Bertz CT molecular complexity index is 1110. The molecule has 0 aliphatic rings. The molecule has 8 heteroatoms. The second kappa shape index (κ2) is 9.42. The van der Waals surface area contributed by atoms with Gasteiger partial charge in [0.25, 0.3) is 5.56 Å². The third kappa shape index (κ3) is 5.08. The number of rotatable bonds is 7. The summed E-state index contributed by atoms with van der Waals surface area (Å²) in [5.74, 6) is -1.11. The van der Waals surface area contributed by atoms with Crippen LogP contribution in [-0.4, -0.2) is 27.1 Å². The van der Waals surface area contributed by atoms with Crippen molar-refractivity contribution >= 4 is 11.2 Å². The van der Waals surface area contributed by atoms with Gasteiger partial charge in [-0.05, 0) is 37.3 Å². The molecule has 1 N–H and O–H groups in total. The van der Waals surface area contributed by atoms with E-state index in [-0.39, 0.29) is 24.5 Å². The summed E-state index contributed by atoms with van der Waals surface area (Å²) in [4.78, 5) is 12.3. The Kier molecular flexibility index (Phi) is 6.91. The van der Waals surface area contributed by atoms with E-state index in [0.29, 0.717) is 28.2 Å². The maximum absolute atomic E-state index is 14.1. The number of hydrogen-bond acceptors (Lipinski definition) is 4. The molecule has 0 saturated carbocycles. The quantitative estimate of drug-likeness (QED) is 0.576. The largest absolute Gasteiger partial charge is 0.616 e. The summed E-state index contributed by atoms with van der Waals surface area (Å²) in [7, 11) is 0. The first-order chi connectivity index (χ1) is 14.3. The highest BCUT2D eigenvalue weighted by Crippen LogP contribution is 2.35. The van der Waals surface area contributed by atoms with E-state index >= 15 is 0 Å². The van der Waals surface area contributed by atoms with E-state index in [2.05, 4.69) is 0 Å². The summed E-state index contributed by atoms with van der Waals surface area (Å²) in [6.45, 7) is 1.57. The summed E-state index contributed by atoms with van der Waals surface area (Å²) >= 11 is -1.08. The van der Waals surface area contributed by atoms with Crippen LogP contribution < -0.4 is 10.3 Å². The predicted octanol–water partition coefficient (Wildman–Crippen LogP) is 3.77. The van der Waals surface area contributed by atoms with Gasteiger partial charge in [0.1, 0.15) is 17.3 Å². The van der Waals surface area contributed by atoms with Crippen molar-refractivity contribution < 1.29 is 23.2 Å². The Hall–Kier alpha value is -2.68. The molecule has 0 amide bonds. The lowest BCUT2D eigenvalue weighted by molar-refractivity contribution is 0.274. The number of halogens is 2. The first kappa shape index (κ1) is 22.0. The molecule has 0 aliphatic carbocycles. The number of benzene rings is 2. The molecule has 1 unspecified atom stereocenters. The molecule has 3 aromatic rings. The smallest absolute Gasteiger partial charge is 0.253 e. The van der Waals surface area contributed by atoms with Gasteiger partial charge in [-0.25, -0.2) is 8.78 Å². The molecule has 0 radical (unpaired) electrons. The van der Waals surface area contributed by atoms with Gasteiger partial charge in [0, 0.05) is 41.1 Å². The van der Waals surface area contributed by atoms with Crippen LogP contribution in [0.2, 0.25) is 0 Å². The van der Waals surface area contributed by atoms with Crippen molar-refractivity contribution in [3.8, 4) is 22.6 Å². The minimum Gasteiger partial charge on any atom is -0.616 e. The lowest BCUT2D eigenvalue weighted by Gasteiger charge is -2.16. The lowest BCUT2D eigenvalue weighted by Crippen LogP contribution is -2.23. The summed E-state index contributed by atoms with van der Waals surface area (Å²) in [5.41, 5.74) is 2.17. The van der Waals surface area contributed by atoms with Crippen molar-refractivity contribution in [2.75, 3.05) is 12.9 Å². The Morgan fingerprint density at radius 3 is 2.53 bits per heavy atom. The molecule has 2 aromatic carbocycles. The van der Waals surface area contributed by atoms with Crippen LogP contribution in [0.1, 0.15) is 11.1 Å². The van der Waals surface area contributed by atoms with Crippen molar-refractivity contribution in [2.24, 2.45) is 0 Å². The van der Waals surface area contributed by atoms with Crippen LogP contribution in [0.3, 0.4) is 0 Å². The number of aliphatic hydroxyl groups is 1. The molecule has 5 nitrogen and oxygen atoms in total. The third-order valence-corrected chi connectivity index (χ3v) is 5.18. The first-order valence-electron chi connectivity index (χ1n) is 9.16. The van der Waals surface area contributed by atoms with Gasteiger partial charge in [0.05, 0.1) is 12.9 Å². The average molecular weight is 433 g/mol. The van der Waals surface area contributed by atoms with Gasteiger partial charge in [-0.3, -0.25) is 4.79 Å². The highest BCUT2D eigenvalue weighted by molar-refractivity contribution is 7.89. The van der Waals surface area contributed by atoms with Gasteiger partial charge < -0.3 is 19.0 Å². The van der Waals surface area contributed by atoms with Crippen LogP contribution in [0, 0.1) is 18.6 Å². The molecular formula is C22H21F2NO4S. The molecule has 30 heavy (non-hydrogen) atoms. The maximum atomic E-state index is 14.1. The van der Waals surface area contributed by atoms with Crippen molar-refractivity contribution in [3.63, 3.8) is 0 Å². The summed E-state index contributed by atoms with van der Waals surface area (Å²) in [6.07, 6.45) is 3.17. The topological polar surface area (TPSA) is 74.5 Å². The molecule has 3 rings (SSSR count). The fourth-order valence-corrected chi connectivity index (χ4v) is 3.75. The molecule has 0 aliphatic heterocycles. The van der Waals surface area contributed by atoms with E-state index in [0.717, 1.165) is 17.7 Å². The van der Waals surface area contributed by atoms with E-state index in [1.807, 2.05) is 0 Å². The lowest BCUT2D eigenvalue weighted by atomic mass is 10.0. The van der Waals surface area contributed by atoms with Crippen LogP contribution in [0.4, 0.5) is 8.78 Å². The van der Waals surface area contributed by atoms with E-state index in [1.165, 1.54) is 10.6 Å². The van der Waals surface area contributed by atoms with Crippen LogP contribution in [-0.2, 0) is 23.5 Å². The second-order valence-corrected chi connectivity index (χ2v) is 8.29. The zero-order chi connectivity index (χ0) is 21.8. The normalized spacial score (nSPS) is 12.1. The number of aryl methyl sites for hydroxylation is 1. The third-order valence-electron chi connectivity index (χ3n) is 4.44. The first-order valence-corrected chi connectivity index (χ1v) is 10.9. The van der Waals surface area contributed by atoms with Crippen molar-refractivity contribution in [3.05, 3.63) is 81.8 Å². The van der Waals surface area contributed by atoms with Gasteiger partial charge in [0.15, 0.2) is 11.6 Å². The Morgan fingerprint density at radius 2 is 1.87 bits per heavy atom. The maximum Gasteiger partial charge on any atom is 0.253 e. The Morgan fingerprint density at radius 1 is 1.13 bits per heavy atom. The minimum absolute atomic E-state index is 0.120. The van der Waals surface area contributed by atoms with Crippen LogP contribution in [0.15, 0.2) is 53.5 Å². The number of ether oxygens (including phenoxy) is 1. The number of hydrogen-bond donors (Lipinski definition) is 1. The SMILES string of the molecule is Cc1cc(-c2cc(C[S+](C)[O-])ccc2Oc2ccc(F)cc2F)cn(CCO)c1=O. The Balaban J connectivity index is 2.14. The monoisotopic (exact) mass is 433 g/mol. The van der Waals surface area contributed by atoms with Crippen LogP contribution in [0.5, 0.6) is 11.5 Å². The molecule has 158 valence electrons. The van der Waals surface area contributed by atoms with E-state index < -0.39 is 22.8 Å². The zero-order valence-electron chi connectivity index (χ0n) is 16.5. The molecule has 0 bridgehead atoms. The van der Waals surface area contributed by atoms with Crippen molar-refractivity contribution in [1.82, 2.24) is 4.57 Å². The molecule has 0 saturated heterocycles. The molecular weight excluding hydrogens is 412 g/mol. The van der Waals surface area contributed by atoms with Crippen LogP contribution in [0.25, 0.3) is 11.1 Å². The molecule has 0 fully saturated rings. The highest BCUT2D eigenvalue weighted by Gasteiger charge is 2.15. The van der Waals surface area contributed by atoms with Gasteiger partial charge in [-0.2, -0.15) is 0 Å². The van der Waals surface area contributed by atoms with Gasteiger partial charge in [-0.1, -0.05) is 17.2 Å². The number of nitrogens with zero attached hydrogens (tertiary/aromatic N) is 1.